The molecule has 0 radical (unpaired) electrons. The molecule has 0 amide bonds. The highest BCUT2D eigenvalue weighted by molar-refractivity contribution is 8.00. The summed E-state index contributed by atoms with van der Waals surface area (Å²) in [5, 5.41) is 13.4. The summed E-state index contributed by atoms with van der Waals surface area (Å²) in [6.45, 7) is 1.09. The molecule has 0 bridgehead atoms. The smallest absolute Gasteiger partial charge is 0.0839 e. The van der Waals surface area contributed by atoms with Crippen LogP contribution in [0.5, 0.6) is 0 Å². The minimum Gasteiger partial charge on any atom is -0.390 e. The Morgan fingerprint density at radius 1 is 1.58 bits per heavy atom. The molecule has 3 heteroatoms. The Morgan fingerprint density at radius 2 is 2.33 bits per heavy atom. The van der Waals surface area contributed by atoms with E-state index in [4.69, 9.17) is 0 Å². The Kier molecular flexibility index (Phi) is 2.36. The van der Waals surface area contributed by atoms with E-state index in [1.807, 2.05) is 11.8 Å². The zero-order chi connectivity index (χ0) is 8.60. The minimum absolute atomic E-state index is 0.116. The maximum absolute atomic E-state index is 10.1. The van der Waals surface area contributed by atoms with Crippen LogP contribution in [0.2, 0.25) is 0 Å². The molecule has 1 aliphatic carbocycles. The van der Waals surface area contributed by atoms with Gasteiger partial charge in [0, 0.05) is 10.8 Å². The zero-order valence-corrected chi connectivity index (χ0v) is 8.36. The van der Waals surface area contributed by atoms with Gasteiger partial charge in [0.15, 0.2) is 0 Å². The fourth-order valence-corrected chi connectivity index (χ4v) is 3.01. The molecule has 70 valence electrons. The molecule has 0 aromatic rings. The molecule has 2 N–H and O–H groups in total. The average Bonchev–Trinajstić information content (AvgIpc) is 2.71. The lowest BCUT2D eigenvalue weighted by atomic mass is 10.0. The van der Waals surface area contributed by atoms with Crippen molar-refractivity contribution in [2.75, 3.05) is 12.8 Å². The summed E-state index contributed by atoms with van der Waals surface area (Å²) < 4.78 is 0.224. The van der Waals surface area contributed by atoms with Crippen LogP contribution < -0.4 is 5.32 Å². The summed E-state index contributed by atoms with van der Waals surface area (Å²) in [6, 6.07) is 0.375. The maximum atomic E-state index is 10.1. The number of rotatable bonds is 3. The Labute approximate surface area is 78.1 Å². The van der Waals surface area contributed by atoms with Gasteiger partial charge in [-0.05, 0) is 38.5 Å². The van der Waals surface area contributed by atoms with Gasteiger partial charge in [-0.25, -0.2) is 0 Å². The highest BCUT2D eigenvalue weighted by atomic mass is 32.2. The summed E-state index contributed by atoms with van der Waals surface area (Å²) in [4.78, 5) is 0. The Balaban J connectivity index is 1.94. The van der Waals surface area contributed by atoms with Gasteiger partial charge >= 0.3 is 0 Å². The number of hydrogen-bond donors (Lipinski definition) is 2. The third-order valence-corrected chi connectivity index (χ3v) is 4.63. The molecule has 2 rings (SSSR count). The molecule has 12 heavy (non-hydrogen) atoms. The Morgan fingerprint density at radius 3 is 2.75 bits per heavy atom. The second-order valence-electron chi connectivity index (χ2n) is 3.92. The first-order valence-corrected chi connectivity index (χ1v) is 5.97. The molecule has 1 saturated heterocycles. The molecule has 2 unspecified atom stereocenters. The molecule has 2 nitrogen and oxygen atoms in total. The van der Waals surface area contributed by atoms with E-state index in [2.05, 4.69) is 11.6 Å². The van der Waals surface area contributed by atoms with Gasteiger partial charge in [-0.2, -0.15) is 11.8 Å². The number of nitrogens with one attached hydrogen (secondary N) is 1. The highest BCUT2D eigenvalue weighted by Gasteiger charge is 2.51. The summed E-state index contributed by atoms with van der Waals surface area (Å²) in [7, 11) is 0. The van der Waals surface area contributed by atoms with Crippen molar-refractivity contribution >= 4 is 11.8 Å². The quantitative estimate of drug-likeness (QED) is 0.691. The molecule has 2 atom stereocenters. The number of aliphatic hydroxyl groups excluding tert-OH is 1. The van der Waals surface area contributed by atoms with E-state index in [0.29, 0.717) is 6.04 Å². The van der Waals surface area contributed by atoms with Crippen molar-refractivity contribution in [3.63, 3.8) is 0 Å². The van der Waals surface area contributed by atoms with Crippen LogP contribution in [-0.4, -0.2) is 34.8 Å². The van der Waals surface area contributed by atoms with E-state index in [9.17, 15) is 5.11 Å². The predicted octanol–water partition coefficient (Wildman–Crippen LogP) is 0.995. The first-order valence-electron chi connectivity index (χ1n) is 4.75. The normalized spacial score (nSPS) is 35.0. The second-order valence-corrected chi connectivity index (χ2v) is 5.14. The number of hydrogen-bond acceptors (Lipinski definition) is 3. The number of thioether (sulfide) groups is 1. The largest absolute Gasteiger partial charge is 0.390 e. The molecule has 0 aromatic heterocycles. The van der Waals surface area contributed by atoms with Crippen molar-refractivity contribution in [1.82, 2.24) is 5.32 Å². The van der Waals surface area contributed by atoms with Gasteiger partial charge < -0.3 is 10.4 Å². The van der Waals surface area contributed by atoms with E-state index in [-0.39, 0.29) is 10.9 Å². The molecular formula is C9H17NOS. The first kappa shape index (κ1) is 8.85. The van der Waals surface area contributed by atoms with E-state index in [0.717, 1.165) is 13.0 Å². The summed E-state index contributed by atoms with van der Waals surface area (Å²) in [5.74, 6) is 0. The lowest BCUT2D eigenvalue weighted by Gasteiger charge is -2.25. The maximum Gasteiger partial charge on any atom is 0.0839 e. The van der Waals surface area contributed by atoms with Crippen molar-refractivity contribution in [3.8, 4) is 0 Å². The van der Waals surface area contributed by atoms with Gasteiger partial charge in [-0.3, -0.25) is 0 Å². The van der Waals surface area contributed by atoms with Crippen LogP contribution in [0.4, 0.5) is 0 Å². The monoisotopic (exact) mass is 187 g/mol. The Hall–Kier alpha value is 0.270. The molecule has 0 aromatic carbocycles. The van der Waals surface area contributed by atoms with E-state index >= 15 is 0 Å². The van der Waals surface area contributed by atoms with Crippen LogP contribution in [-0.2, 0) is 0 Å². The van der Waals surface area contributed by atoms with Crippen molar-refractivity contribution in [1.29, 1.82) is 0 Å². The summed E-state index contributed by atoms with van der Waals surface area (Å²) >= 11 is 1.84. The number of aliphatic hydroxyl groups is 1. The van der Waals surface area contributed by atoms with Gasteiger partial charge in [0.05, 0.1) is 6.10 Å². The van der Waals surface area contributed by atoms with Gasteiger partial charge in [-0.1, -0.05) is 0 Å². The van der Waals surface area contributed by atoms with E-state index in [1.165, 1.54) is 19.3 Å². The van der Waals surface area contributed by atoms with E-state index < -0.39 is 0 Å². The summed E-state index contributed by atoms with van der Waals surface area (Å²) in [6.07, 6.45) is 6.79. The zero-order valence-electron chi connectivity index (χ0n) is 7.55. The molecular weight excluding hydrogens is 170 g/mol. The SMILES string of the molecule is CSC1(C(O)C2CCCN2)CC1. The van der Waals surface area contributed by atoms with Crippen LogP contribution in [0, 0.1) is 0 Å². The second kappa shape index (κ2) is 3.20. The molecule has 1 aliphatic heterocycles. The van der Waals surface area contributed by atoms with Crippen molar-refractivity contribution in [2.24, 2.45) is 0 Å². The van der Waals surface area contributed by atoms with Crippen LogP contribution in [0.3, 0.4) is 0 Å². The third kappa shape index (κ3) is 1.38. The molecule has 1 heterocycles. The van der Waals surface area contributed by atoms with Gasteiger partial charge in [0.1, 0.15) is 0 Å². The van der Waals surface area contributed by atoms with Crippen LogP contribution >= 0.6 is 11.8 Å². The fourth-order valence-electron chi connectivity index (χ4n) is 2.09. The molecule has 2 aliphatic rings. The average molecular weight is 187 g/mol. The fraction of sp³-hybridized carbons (Fsp3) is 1.00. The van der Waals surface area contributed by atoms with Crippen molar-refractivity contribution < 1.29 is 5.11 Å². The van der Waals surface area contributed by atoms with Crippen LogP contribution in [0.25, 0.3) is 0 Å². The Bertz CT molecular complexity index is 164. The summed E-state index contributed by atoms with van der Waals surface area (Å²) in [5.41, 5.74) is 0. The molecule has 2 fully saturated rings. The van der Waals surface area contributed by atoms with E-state index in [1.54, 1.807) is 0 Å². The lowest BCUT2D eigenvalue weighted by molar-refractivity contribution is 0.126. The molecule has 0 spiro atoms. The van der Waals surface area contributed by atoms with Gasteiger partial charge in [0.2, 0.25) is 0 Å². The van der Waals surface area contributed by atoms with Crippen LogP contribution in [0.1, 0.15) is 25.7 Å². The highest BCUT2D eigenvalue weighted by Crippen LogP contribution is 2.51. The predicted molar refractivity (Wildman–Crippen MR) is 52.5 cm³/mol. The van der Waals surface area contributed by atoms with Gasteiger partial charge in [-0.15, -0.1) is 0 Å². The minimum atomic E-state index is -0.116. The van der Waals surface area contributed by atoms with Crippen molar-refractivity contribution in [3.05, 3.63) is 0 Å². The standard InChI is InChI=1S/C9H17NOS/c1-12-9(4-5-9)8(11)7-3-2-6-10-7/h7-8,10-11H,2-6H2,1H3. The van der Waals surface area contributed by atoms with Crippen molar-refractivity contribution in [2.45, 2.75) is 42.6 Å². The van der Waals surface area contributed by atoms with Gasteiger partial charge in [0.25, 0.3) is 0 Å². The lowest BCUT2D eigenvalue weighted by Crippen LogP contribution is -2.42. The topological polar surface area (TPSA) is 32.3 Å². The molecule has 1 saturated carbocycles. The third-order valence-electron chi connectivity index (χ3n) is 3.17. The first-order chi connectivity index (χ1) is 5.78. The van der Waals surface area contributed by atoms with Crippen LogP contribution in [0.15, 0.2) is 0 Å².